The quantitative estimate of drug-likeness (QED) is 0.461. The van der Waals surface area contributed by atoms with E-state index in [-0.39, 0.29) is 17.7 Å². The standard InChI is InChI=1S/C25H27NO5/c27-23-8-6-20(25(28)26-23)21-15-31-22-7-3-17-14-18(4-5-19(17)24(21)22)30-11-1-2-16-9-12-29-13-10-16/h3-5,7,14-16,20H,1-2,6,8-13H2,(H,26,27,28)/t20-/m0/s1. The van der Waals surface area contributed by atoms with E-state index >= 15 is 0 Å². The van der Waals surface area contributed by atoms with E-state index in [0.29, 0.717) is 19.4 Å². The number of ether oxygens (including phenoxy) is 2. The average Bonchev–Trinajstić information content (AvgIpc) is 3.21. The minimum absolute atomic E-state index is 0.211. The van der Waals surface area contributed by atoms with Gasteiger partial charge in [0.1, 0.15) is 11.3 Å². The number of furan rings is 1. The van der Waals surface area contributed by atoms with Crippen LogP contribution in [-0.4, -0.2) is 31.6 Å². The summed E-state index contributed by atoms with van der Waals surface area (Å²) in [4.78, 5) is 23.9. The third-order valence-electron chi connectivity index (χ3n) is 6.54. The first kappa shape index (κ1) is 20.1. The number of amides is 2. The van der Waals surface area contributed by atoms with E-state index in [1.807, 2.05) is 30.3 Å². The second-order valence-electron chi connectivity index (χ2n) is 8.56. The topological polar surface area (TPSA) is 77.8 Å². The SMILES string of the molecule is O=C1CC[C@@H](c2coc3ccc4cc(OCCCC5CCOCC5)ccc4c23)C(=O)N1. The van der Waals surface area contributed by atoms with Crippen molar-refractivity contribution in [3.05, 3.63) is 42.2 Å². The van der Waals surface area contributed by atoms with Crippen molar-refractivity contribution < 1.29 is 23.5 Å². The smallest absolute Gasteiger partial charge is 0.234 e. The molecule has 3 heterocycles. The molecule has 1 atom stereocenters. The molecule has 0 saturated carbocycles. The third-order valence-corrected chi connectivity index (χ3v) is 6.54. The highest BCUT2D eigenvalue weighted by molar-refractivity contribution is 6.10. The number of imide groups is 1. The lowest BCUT2D eigenvalue weighted by Gasteiger charge is -2.21. The molecule has 1 aromatic heterocycles. The van der Waals surface area contributed by atoms with E-state index in [9.17, 15) is 9.59 Å². The highest BCUT2D eigenvalue weighted by Crippen LogP contribution is 2.37. The molecule has 0 radical (unpaired) electrons. The molecule has 0 spiro atoms. The van der Waals surface area contributed by atoms with Gasteiger partial charge in [0, 0.05) is 30.6 Å². The first-order chi connectivity index (χ1) is 15.2. The Hall–Kier alpha value is -2.86. The molecule has 2 aliphatic rings. The lowest BCUT2D eigenvalue weighted by molar-refractivity contribution is -0.134. The van der Waals surface area contributed by atoms with Gasteiger partial charge in [-0.3, -0.25) is 14.9 Å². The van der Waals surface area contributed by atoms with Gasteiger partial charge in [0.05, 0.1) is 18.8 Å². The lowest BCUT2D eigenvalue weighted by Crippen LogP contribution is -2.39. The molecule has 2 amide bonds. The fraction of sp³-hybridized carbons (Fsp3) is 0.440. The zero-order valence-corrected chi connectivity index (χ0v) is 17.5. The fourth-order valence-electron chi connectivity index (χ4n) is 4.80. The van der Waals surface area contributed by atoms with Crippen molar-refractivity contribution in [3.63, 3.8) is 0 Å². The van der Waals surface area contributed by atoms with E-state index in [2.05, 4.69) is 5.32 Å². The second kappa shape index (κ2) is 8.71. The highest BCUT2D eigenvalue weighted by atomic mass is 16.5. The Morgan fingerprint density at radius 3 is 2.77 bits per heavy atom. The summed E-state index contributed by atoms with van der Waals surface area (Å²) in [7, 11) is 0. The zero-order chi connectivity index (χ0) is 21.2. The number of nitrogens with one attached hydrogen (secondary N) is 1. The van der Waals surface area contributed by atoms with Crippen LogP contribution in [0.2, 0.25) is 0 Å². The van der Waals surface area contributed by atoms with Crippen LogP contribution < -0.4 is 10.1 Å². The summed E-state index contributed by atoms with van der Waals surface area (Å²) in [5.41, 5.74) is 1.59. The lowest BCUT2D eigenvalue weighted by atomic mass is 9.89. The van der Waals surface area contributed by atoms with Gasteiger partial charge in [0.25, 0.3) is 0 Å². The molecule has 0 unspecified atom stereocenters. The molecule has 2 aliphatic heterocycles. The third kappa shape index (κ3) is 4.17. The van der Waals surface area contributed by atoms with Gasteiger partial charge in [-0.1, -0.05) is 6.07 Å². The van der Waals surface area contributed by atoms with Crippen LogP contribution in [0.5, 0.6) is 5.75 Å². The molecule has 1 N–H and O–H groups in total. The van der Waals surface area contributed by atoms with E-state index in [1.165, 1.54) is 6.42 Å². The minimum Gasteiger partial charge on any atom is -0.494 e. The molecular weight excluding hydrogens is 394 g/mol. The molecule has 31 heavy (non-hydrogen) atoms. The number of carbonyl (C=O) groups is 2. The largest absolute Gasteiger partial charge is 0.494 e. The predicted octanol–water partition coefficient (Wildman–Crippen LogP) is 4.69. The van der Waals surface area contributed by atoms with E-state index in [0.717, 1.165) is 71.4 Å². The van der Waals surface area contributed by atoms with Crippen LogP contribution in [0, 0.1) is 5.92 Å². The van der Waals surface area contributed by atoms with Crippen molar-refractivity contribution in [1.82, 2.24) is 5.32 Å². The van der Waals surface area contributed by atoms with Crippen molar-refractivity contribution >= 4 is 33.6 Å². The molecule has 0 bridgehead atoms. The van der Waals surface area contributed by atoms with E-state index < -0.39 is 0 Å². The number of hydrogen-bond donors (Lipinski definition) is 1. The maximum atomic E-state index is 12.4. The van der Waals surface area contributed by atoms with Crippen molar-refractivity contribution in [3.8, 4) is 5.75 Å². The summed E-state index contributed by atoms with van der Waals surface area (Å²) < 4.78 is 17.2. The van der Waals surface area contributed by atoms with Crippen LogP contribution in [0.1, 0.15) is 50.0 Å². The van der Waals surface area contributed by atoms with Crippen molar-refractivity contribution in [2.24, 2.45) is 5.92 Å². The normalized spacial score (nSPS) is 20.3. The van der Waals surface area contributed by atoms with Crippen LogP contribution in [0.15, 0.2) is 41.0 Å². The minimum atomic E-state index is -0.370. The number of rotatable bonds is 6. The molecule has 2 aromatic carbocycles. The van der Waals surface area contributed by atoms with Gasteiger partial charge in [0.15, 0.2) is 0 Å². The first-order valence-electron chi connectivity index (χ1n) is 11.2. The Kier molecular flexibility index (Phi) is 5.64. The Labute approximate surface area is 180 Å². The fourth-order valence-corrected chi connectivity index (χ4v) is 4.80. The highest BCUT2D eigenvalue weighted by Gasteiger charge is 2.31. The predicted molar refractivity (Wildman–Crippen MR) is 117 cm³/mol. The second-order valence-corrected chi connectivity index (χ2v) is 8.56. The van der Waals surface area contributed by atoms with Gasteiger partial charge >= 0.3 is 0 Å². The summed E-state index contributed by atoms with van der Waals surface area (Å²) in [5.74, 6) is 0.780. The molecule has 2 fully saturated rings. The summed E-state index contributed by atoms with van der Waals surface area (Å²) in [6.07, 6.45) is 7.05. The zero-order valence-electron chi connectivity index (χ0n) is 17.5. The number of hydrogen-bond acceptors (Lipinski definition) is 5. The monoisotopic (exact) mass is 421 g/mol. The molecule has 3 aromatic rings. The Balaban J connectivity index is 1.33. The van der Waals surface area contributed by atoms with Crippen molar-refractivity contribution in [1.29, 1.82) is 0 Å². The van der Waals surface area contributed by atoms with Crippen LogP contribution in [0.25, 0.3) is 21.7 Å². The molecule has 5 rings (SSSR count). The molecule has 6 heteroatoms. The van der Waals surface area contributed by atoms with Crippen LogP contribution in [-0.2, 0) is 14.3 Å². The summed E-state index contributed by atoms with van der Waals surface area (Å²) in [5, 5.41) is 5.46. The van der Waals surface area contributed by atoms with Crippen molar-refractivity contribution in [2.75, 3.05) is 19.8 Å². The van der Waals surface area contributed by atoms with Crippen LogP contribution >= 0.6 is 0 Å². The number of piperidine rings is 1. The van der Waals surface area contributed by atoms with Gasteiger partial charge in [0.2, 0.25) is 11.8 Å². The van der Waals surface area contributed by atoms with Crippen molar-refractivity contribution in [2.45, 2.75) is 44.4 Å². The first-order valence-corrected chi connectivity index (χ1v) is 11.2. The van der Waals surface area contributed by atoms with E-state index in [1.54, 1.807) is 6.26 Å². The Morgan fingerprint density at radius 2 is 1.94 bits per heavy atom. The van der Waals surface area contributed by atoms with Crippen LogP contribution in [0.3, 0.4) is 0 Å². The van der Waals surface area contributed by atoms with Gasteiger partial charge in [-0.25, -0.2) is 0 Å². The molecular formula is C25H27NO5. The summed E-state index contributed by atoms with van der Waals surface area (Å²) in [6, 6.07) is 10.0. The number of carbonyl (C=O) groups excluding carboxylic acids is 2. The Morgan fingerprint density at radius 1 is 1.06 bits per heavy atom. The van der Waals surface area contributed by atoms with E-state index in [4.69, 9.17) is 13.9 Å². The summed E-state index contributed by atoms with van der Waals surface area (Å²) >= 11 is 0. The molecule has 162 valence electrons. The van der Waals surface area contributed by atoms with Gasteiger partial charge < -0.3 is 13.9 Å². The molecule has 6 nitrogen and oxygen atoms in total. The van der Waals surface area contributed by atoms with Gasteiger partial charge in [-0.15, -0.1) is 0 Å². The van der Waals surface area contributed by atoms with Gasteiger partial charge in [-0.2, -0.15) is 0 Å². The van der Waals surface area contributed by atoms with Crippen LogP contribution in [0.4, 0.5) is 0 Å². The number of benzene rings is 2. The number of fused-ring (bicyclic) bond motifs is 3. The summed E-state index contributed by atoms with van der Waals surface area (Å²) in [6.45, 7) is 2.48. The Bertz CT molecular complexity index is 1110. The maximum Gasteiger partial charge on any atom is 0.234 e. The molecule has 0 aliphatic carbocycles. The molecule has 2 saturated heterocycles. The maximum absolute atomic E-state index is 12.4. The average molecular weight is 421 g/mol. The van der Waals surface area contributed by atoms with Gasteiger partial charge in [-0.05, 0) is 73.1 Å².